The number of likely N-dealkylation sites (N-methyl/N-ethyl adjacent to an activating group) is 1. The van der Waals surface area contributed by atoms with Crippen molar-refractivity contribution in [3.05, 3.63) is 35.2 Å². The second-order valence-corrected chi connectivity index (χ2v) is 6.12. The van der Waals surface area contributed by atoms with Gasteiger partial charge in [-0.25, -0.2) is 4.98 Å². The first kappa shape index (κ1) is 14.2. The Kier molecular flexibility index (Phi) is 4.31. The van der Waals surface area contributed by atoms with Gasteiger partial charge in [0, 0.05) is 31.7 Å². The summed E-state index contributed by atoms with van der Waals surface area (Å²) in [5.74, 6) is 0. The van der Waals surface area contributed by atoms with E-state index < -0.39 is 0 Å². The van der Waals surface area contributed by atoms with Gasteiger partial charge in [0.2, 0.25) is 0 Å². The van der Waals surface area contributed by atoms with Crippen molar-refractivity contribution >= 4 is 22.8 Å². The normalized spacial score (nSPS) is 16.1. The third-order valence-corrected chi connectivity index (χ3v) is 4.93. The number of nitrogens with zero attached hydrogens (tertiary/aromatic N) is 3. The number of anilines is 1. The third kappa shape index (κ3) is 2.99. The smallest absolute Gasteiger partial charge is 0.186 e. The molecule has 0 radical (unpaired) electrons. The number of carbonyl (C=O) groups is 1. The van der Waals surface area contributed by atoms with Gasteiger partial charge in [0.05, 0.1) is 10.6 Å². The summed E-state index contributed by atoms with van der Waals surface area (Å²) in [6.45, 7) is 7.37. The molecule has 0 N–H and O–H groups in total. The molecule has 1 aromatic carbocycles. The van der Waals surface area contributed by atoms with Crippen LogP contribution in [0.3, 0.4) is 0 Å². The Morgan fingerprint density at radius 3 is 2.52 bits per heavy atom. The molecule has 1 fully saturated rings. The summed E-state index contributed by atoms with van der Waals surface area (Å²) in [5.41, 5.74) is 1.82. The summed E-state index contributed by atoms with van der Waals surface area (Å²) in [6, 6.07) is 9.93. The quantitative estimate of drug-likeness (QED) is 0.814. The van der Waals surface area contributed by atoms with E-state index in [-0.39, 0.29) is 0 Å². The summed E-state index contributed by atoms with van der Waals surface area (Å²) in [7, 11) is 0. The van der Waals surface area contributed by atoms with Gasteiger partial charge in [-0.1, -0.05) is 48.6 Å². The maximum Gasteiger partial charge on any atom is 0.186 e. The van der Waals surface area contributed by atoms with Crippen LogP contribution in [0.2, 0.25) is 0 Å². The molecule has 0 bridgehead atoms. The number of aromatic nitrogens is 1. The molecule has 4 nitrogen and oxygen atoms in total. The Morgan fingerprint density at radius 2 is 1.90 bits per heavy atom. The van der Waals surface area contributed by atoms with Crippen molar-refractivity contribution in [3.63, 3.8) is 0 Å². The zero-order chi connectivity index (χ0) is 14.7. The average molecular weight is 301 g/mol. The number of aldehydes is 1. The highest BCUT2D eigenvalue weighted by Crippen LogP contribution is 2.32. The standard InChI is InChI=1S/C16H19N3OS/c1-2-18-8-10-19(11-9-18)16-17-15(14(12-20)21-16)13-6-4-3-5-7-13/h3-7,12H,2,8-11H2,1H3. The fourth-order valence-corrected chi connectivity index (χ4v) is 3.55. The summed E-state index contributed by atoms with van der Waals surface area (Å²) in [6.07, 6.45) is 0.922. The molecule has 2 heterocycles. The van der Waals surface area contributed by atoms with Crippen LogP contribution in [0.15, 0.2) is 30.3 Å². The number of piperazine rings is 1. The molecule has 0 unspecified atom stereocenters. The lowest BCUT2D eigenvalue weighted by molar-refractivity contribution is 0.112. The molecule has 0 atom stereocenters. The molecule has 5 heteroatoms. The molecule has 0 saturated carbocycles. The minimum absolute atomic E-state index is 0.717. The van der Waals surface area contributed by atoms with Crippen LogP contribution in [0.5, 0.6) is 0 Å². The van der Waals surface area contributed by atoms with Crippen molar-refractivity contribution in [2.75, 3.05) is 37.6 Å². The molecule has 1 aliphatic heterocycles. The van der Waals surface area contributed by atoms with E-state index >= 15 is 0 Å². The summed E-state index contributed by atoms with van der Waals surface area (Å²) < 4.78 is 0. The third-order valence-electron chi connectivity index (χ3n) is 3.89. The molecule has 0 spiro atoms. The lowest BCUT2D eigenvalue weighted by Gasteiger charge is -2.33. The van der Waals surface area contributed by atoms with Crippen LogP contribution in [0.1, 0.15) is 16.6 Å². The number of hydrogen-bond acceptors (Lipinski definition) is 5. The van der Waals surface area contributed by atoms with E-state index in [2.05, 4.69) is 16.7 Å². The lowest BCUT2D eigenvalue weighted by Crippen LogP contribution is -2.46. The number of carbonyl (C=O) groups excluding carboxylic acids is 1. The Bertz CT molecular complexity index is 603. The maximum atomic E-state index is 11.3. The lowest BCUT2D eigenvalue weighted by atomic mass is 10.1. The first-order valence-electron chi connectivity index (χ1n) is 7.30. The Morgan fingerprint density at radius 1 is 1.19 bits per heavy atom. The highest BCUT2D eigenvalue weighted by Gasteiger charge is 2.21. The summed E-state index contributed by atoms with van der Waals surface area (Å²) in [5, 5.41) is 0.965. The van der Waals surface area contributed by atoms with E-state index in [1.54, 1.807) is 0 Å². The second-order valence-electron chi connectivity index (χ2n) is 5.11. The molecule has 3 rings (SSSR count). The minimum atomic E-state index is 0.717. The molecule has 0 aliphatic carbocycles. The van der Waals surface area contributed by atoms with Crippen LogP contribution in [0.25, 0.3) is 11.3 Å². The van der Waals surface area contributed by atoms with Gasteiger partial charge in [-0.2, -0.15) is 0 Å². The molecule has 2 aromatic rings. The monoisotopic (exact) mass is 301 g/mol. The largest absolute Gasteiger partial charge is 0.345 e. The fourth-order valence-electron chi connectivity index (χ4n) is 2.59. The molecule has 110 valence electrons. The van der Waals surface area contributed by atoms with Gasteiger partial charge in [-0.15, -0.1) is 0 Å². The fraction of sp³-hybridized carbons (Fsp3) is 0.375. The number of rotatable bonds is 4. The molecular formula is C16H19N3OS. The van der Waals surface area contributed by atoms with Gasteiger partial charge in [0.1, 0.15) is 0 Å². The van der Waals surface area contributed by atoms with E-state index in [4.69, 9.17) is 4.98 Å². The Balaban J connectivity index is 1.85. The highest BCUT2D eigenvalue weighted by atomic mass is 32.1. The first-order valence-corrected chi connectivity index (χ1v) is 8.12. The molecular weight excluding hydrogens is 282 g/mol. The SMILES string of the molecule is CCN1CCN(c2nc(-c3ccccc3)c(C=O)s2)CC1. The summed E-state index contributed by atoms with van der Waals surface area (Å²) >= 11 is 1.50. The van der Waals surface area contributed by atoms with Crippen LogP contribution in [-0.4, -0.2) is 48.9 Å². The van der Waals surface area contributed by atoms with E-state index in [1.807, 2.05) is 30.3 Å². The first-order chi connectivity index (χ1) is 10.3. The van der Waals surface area contributed by atoms with Crippen molar-refractivity contribution in [2.45, 2.75) is 6.92 Å². The minimum Gasteiger partial charge on any atom is -0.345 e. The van der Waals surface area contributed by atoms with Crippen LogP contribution >= 0.6 is 11.3 Å². The highest BCUT2D eigenvalue weighted by molar-refractivity contribution is 7.17. The van der Waals surface area contributed by atoms with Gasteiger partial charge >= 0.3 is 0 Å². The predicted molar refractivity (Wildman–Crippen MR) is 87.3 cm³/mol. The van der Waals surface area contributed by atoms with Crippen LogP contribution in [-0.2, 0) is 0 Å². The zero-order valence-electron chi connectivity index (χ0n) is 12.2. The summed E-state index contributed by atoms with van der Waals surface area (Å²) in [4.78, 5) is 21.5. The Labute approximate surface area is 129 Å². The number of thiazole rings is 1. The van der Waals surface area contributed by atoms with E-state index in [0.29, 0.717) is 4.88 Å². The Hall–Kier alpha value is -1.72. The van der Waals surface area contributed by atoms with Crippen molar-refractivity contribution < 1.29 is 4.79 Å². The molecule has 1 saturated heterocycles. The zero-order valence-corrected chi connectivity index (χ0v) is 13.0. The average Bonchev–Trinajstić information content (AvgIpc) is 3.00. The van der Waals surface area contributed by atoms with E-state index in [9.17, 15) is 4.79 Å². The van der Waals surface area contributed by atoms with Crippen molar-refractivity contribution in [1.29, 1.82) is 0 Å². The van der Waals surface area contributed by atoms with Crippen LogP contribution in [0, 0.1) is 0 Å². The number of hydrogen-bond donors (Lipinski definition) is 0. The van der Waals surface area contributed by atoms with Crippen molar-refractivity contribution in [1.82, 2.24) is 9.88 Å². The van der Waals surface area contributed by atoms with Gasteiger partial charge in [-0.05, 0) is 6.54 Å². The predicted octanol–water partition coefficient (Wildman–Crippen LogP) is 2.76. The maximum absolute atomic E-state index is 11.3. The van der Waals surface area contributed by atoms with Gasteiger partial charge < -0.3 is 9.80 Å². The van der Waals surface area contributed by atoms with Gasteiger partial charge in [0.25, 0.3) is 0 Å². The van der Waals surface area contributed by atoms with Gasteiger partial charge in [-0.3, -0.25) is 4.79 Å². The van der Waals surface area contributed by atoms with Crippen LogP contribution < -0.4 is 4.90 Å². The molecule has 21 heavy (non-hydrogen) atoms. The van der Waals surface area contributed by atoms with E-state index in [1.165, 1.54) is 11.3 Å². The molecule has 0 amide bonds. The molecule has 1 aliphatic rings. The second kappa shape index (κ2) is 6.37. The molecule has 1 aromatic heterocycles. The van der Waals surface area contributed by atoms with Crippen molar-refractivity contribution in [3.8, 4) is 11.3 Å². The van der Waals surface area contributed by atoms with E-state index in [0.717, 1.165) is 55.4 Å². The number of benzene rings is 1. The topological polar surface area (TPSA) is 36.4 Å². The van der Waals surface area contributed by atoms with Gasteiger partial charge in [0.15, 0.2) is 11.4 Å². The van der Waals surface area contributed by atoms with Crippen molar-refractivity contribution in [2.24, 2.45) is 0 Å². The van der Waals surface area contributed by atoms with Crippen LogP contribution in [0.4, 0.5) is 5.13 Å².